The third-order valence-electron chi connectivity index (χ3n) is 3.10. The average Bonchev–Trinajstić information content (AvgIpc) is 2.47. The lowest BCUT2D eigenvalue weighted by atomic mass is 10.2. The molecule has 1 saturated heterocycles. The smallest absolute Gasteiger partial charge is 0.293 e. The molecule has 0 radical (unpaired) electrons. The number of carbonyl (C=O) groups is 1. The van der Waals surface area contributed by atoms with Crippen molar-refractivity contribution in [2.24, 2.45) is 0 Å². The van der Waals surface area contributed by atoms with Crippen LogP contribution in [0.25, 0.3) is 0 Å². The number of nitrogens with two attached hydrogens (primary N) is 1. The highest BCUT2D eigenvalue weighted by Crippen LogP contribution is 2.26. The first kappa shape index (κ1) is 18.1. The number of nitrogen functional groups attached to an aromatic ring is 1. The number of piperazine rings is 1. The first-order valence-corrected chi connectivity index (χ1v) is 7.38. The summed E-state index contributed by atoms with van der Waals surface area (Å²) in [5.74, 6) is 0.744. The van der Waals surface area contributed by atoms with E-state index in [1.165, 1.54) is 5.69 Å². The molecule has 1 fully saturated rings. The molecule has 1 aromatic carbocycles. The first-order valence-electron chi connectivity index (χ1n) is 7.38. The van der Waals surface area contributed by atoms with Crippen LogP contribution in [0.5, 0.6) is 5.75 Å². The van der Waals surface area contributed by atoms with E-state index in [9.17, 15) is 4.79 Å². The largest absolute Gasteiger partial charge is 0.495 e. The van der Waals surface area contributed by atoms with Gasteiger partial charge in [-0.1, -0.05) is 0 Å². The Bertz CT molecular complexity index is 466. The lowest BCUT2D eigenvalue weighted by molar-refractivity contribution is -0.138. The van der Waals surface area contributed by atoms with Crippen molar-refractivity contribution in [2.45, 2.75) is 26.4 Å². The van der Waals surface area contributed by atoms with Crippen molar-refractivity contribution in [3.05, 3.63) is 18.2 Å². The minimum atomic E-state index is -0.318. The number of benzene rings is 1. The molecule has 0 aromatic heterocycles. The van der Waals surface area contributed by atoms with Crippen molar-refractivity contribution in [1.82, 2.24) is 5.32 Å². The number of anilines is 2. The molecule has 0 atom stereocenters. The number of nitrogens with zero attached hydrogens (tertiary/aromatic N) is 1. The monoisotopic (exact) mass is 309 g/mol. The van der Waals surface area contributed by atoms with E-state index in [4.69, 9.17) is 10.5 Å². The third-order valence-corrected chi connectivity index (χ3v) is 3.10. The third kappa shape index (κ3) is 6.22. The average molecular weight is 309 g/mol. The molecule has 1 aromatic rings. The summed E-state index contributed by atoms with van der Waals surface area (Å²) in [6.45, 7) is 10.1. The number of methoxy groups -OCH3 is 1. The van der Waals surface area contributed by atoms with E-state index in [1.807, 2.05) is 32.9 Å². The number of nitrogens with one attached hydrogen (secondary N) is 1. The molecule has 6 nitrogen and oxygen atoms in total. The highest BCUT2D eigenvalue weighted by atomic mass is 16.5. The zero-order valence-corrected chi connectivity index (χ0v) is 13.9. The molecule has 0 unspecified atom stereocenters. The molecule has 3 N–H and O–H groups in total. The first-order chi connectivity index (χ1) is 10.4. The maximum absolute atomic E-state index is 9.60. The molecule has 2 rings (SSSR count). The van der Waals surface area contributed by atoms with Crippen molar-refractivity contribution in [1.29, 1.82) is 0 Å². The van der Waals surface area contributed by atoms with E-state index in [1.54, 1.807) is 7.11 Å². The Morgan fingerprint density at radius 3 is 2.32 bits per heavy atom. The van der Waals surface area contributed by atoms with Crippen LogP contribution in [-0.4, -0.2) is 45.4 Å². The lowest BCUT2D eigenvalue weighted by Gasteiger charge is -2.29. The molecule has 1 aliphatic heterocycles. The molecule has 22 heavy (non-hydrogen) atoms. The van der Waals surface area contributed by atoms with Gasteiger partial charge in [-0.2, -0.15) is 0 Å². The number of rotatable bonds is 3. The molecule has 124 valence electrons. The fraction of sp³-hybridized carbons (Fsp3) is 0.562. The van der Waals surface area contributed by atoms with Crippen molar-refractivity contribution in [3.63, 3.8) is 0 Å². The fourth-order valence-electron chi connectivity index (χ4n) is 1.99. The molecule has 1 heterocycles. The highest BCUT2D eigenvalue weighted by Gasteiger charge is 2.11. The number of hydrogen-bond acceptors (Lipinski definition) is 6. The van der Waals surface area contributed by atoms with Gasteiger partial charge >= 0.3 is 0 Å². The van der Waals surface area contributed by atoms with Gasteiger partial charge in [-0.25, -0.2) is 0 Å². The zero-order valence-electron chi connectivity index (χ0n) is 13.9. The van der Waals surface area contributed by atoms with E-state index in [0.29, 0.717) is 12.2 Å². The second kappa shape index (κ2) is 8.48. The molecule has 1 aliphatic rings. The predicted octanol–water partition coefficient (Wildman–Crippen LogP) is 1.64. The SMILES string of the molecule is CC(C)(C)OC=O.COc1ccc(N2CCNCC2)cc1N. The fourth-order valence-corrected chi connectivity index (χ4v) is 1.99. The Morgan fingerprint density at radius 1 is 1.27 bits per heavy atom. The minimum Gasteiger partial charge on any atom is -0.495 e. The lowest BCUT2D eigenvalue weighted by Crippen LogP contribution is -2.43. The Kier molecular flexibility index (Phi) is 6.98. The summed E-state index contributed by atoms with van der Waals surface area (Å²) in [7, 11) is 1.64. The summed E-state index contributed by atoms with van der Waals surface area (Å²) in [6, 6.07) is 5.96. The summed E-state index contributed by atoms with van der Waals surface area (Å²) >= 11 is 0. The minimum absolute atomic E-state index is 0.318. The van der Waals surface area contributed by atoms with Crippen LogP contribution in [-0.2, 0) is 9.53 Å². The Hall–Kier alpha value is -1.95. The number of hydrogen-bond donors (Lipinski definition) is 2. The van der Waals surface area contributed by atoms with E-state index in [0.717, 1.165) is 31.9 Å². The molecule has 6 heteroatoms. The van der Waals surface area contributed by atoms with Crippen LogP contribution in [0.2, 0.25) is 0 Å². The maximum Gasteiger partial charge on any atom is 0.293 e. The normalized spacial score (nSPS) is 14.6. The highest BCUT2D eigenvalue weighted by molar-refractivity contribution is 5.63. The molecular formula is C16H27N3O3. The van der Waals surface area contributed by atoms with Crippen molar-refractivity contribution >= 4 is 17.8 Å². The van der Waals surface area contributed by atoms with E-state index in [-0.39, 0.29) is 5.60 Å². The number of ether oxygens (including phenoxy) is 2. The van der Waals surface area contributed by atoms with E-state index >= 15 is 0 Å². The van der Waals surface area contributed by atoms with Crippen LogP contribution in [0.1, 0.15) is 20.8 Å². The molecular weight excluding hydrogens is 282 g/mol. The summed E-state index contributed by atoms with van der Waals surface area (Å²) in [6.07, 6.45) is 0. The van der Waals surface area contributed by atoms with Crippen LogP contribution >= 0.6 is 0 Å². The van der Waals surface area contributed by atoms with Gasteiger partial charge in [0.05, 0.1) is 12.8 Å². The summed E-state index contributed by atoms with van der Waals surface area (Å²) in [5, 5.41) is 3.32. The molecule has 0 bridgehead atoms. The zero-order chi connectivity index (χ0) is 16.6. The van der Waals surface area contributed by atoms with Gasteiger partial charge < -0.3 is 25.4 Å². The van der Waals surface area contributed by atoms with E-state index in [2.05, 4.69) is 21.0 Å². The van der Waals surface area contributed by atoms with Crippen LogP contribution in [0.15, 0.2) is 18.2 Å². The number of carbonyl (C=O) groups excluding carboxylic acids is 1. The van der Waals surface area contributed by atoms with Gasteiger partial charge in [-0.05, 0) is 39.0 Å². The van der Waals surface area contributed by atoms with Gasteiger partial charge in [0, 0.05) is 31.9 Å². The van der Waals surface area contributed by atoms with Gasteiger partial charge in [-0.3, -0.25) is 4.79 Å². The quantitative estimate of drug-likeness (QED) is 0.653. The van der Waals surface area contributed by atoms with E-state index < -0.39 is 0 Å². The summed E-state index contributed by atoms with van der Waals surface area (Å²) in [4.78, 5) is 11.9. The van der Waals surface area contributed by atoms with Crippen molar-refractivity contribution < 1.29 is 14.3 Å². The Balaban J connectivity index is 0.000000295. The Labute approximate surface area is 132 Å². The van der Waals surface area contributed by atoms with Crippen LogP contribution in [0, 0.1) is 0 Å². The molecule has 0 aliphatic carbocycles. The van der Waals surface area contributed by atoms with Gasteiger partial charge in [0.1, 0.15) is 11.4 Å². The van der Waals surface area contributed by atoms with Gasteiger partial charge in [0.25, 0.3) is 6.47 Å². The van der Waals surface area contributed by atoms with Crippen molar-refractivity contribution in [2.75, 3.05) is 43.9 Å². The summed E-state index contributed by atoms with van der Waals surface area (Å²) < 4.78 is 9.68. The molecule has 0 spiro atoms. The van der Waals surface area contributed by atoms with Gasteiger partial charge in [-0.15, -0.1) is 0 Å². The Morgan fingerprint density at radius 2 is 1.91 bits per heavy atom. The van der Waals surface area contributed by atoms with Gasteiger partial charge in [0.2, 0.25) is 0 Å². The van der Waals surface area contributed by atoms with Crippen LogP contribution in [0.4, 0.5) is 11.4 Å². The standard InChI is InChI=1S/C11H17N3O.C5H10O2/c1-15-11-3-2-9(8-10(11)12)14-6-4-13-5-7-14;1-5(2,3)7-4-6/h2-3,8,13H,4-7,12H2,1H3;4H,1-3H3. The predicted molar refractivity (Wildman–Crippen MR) is 89.4 cm³/mol. The summed E-state index contributed by atoms with van der Waals surface area (Å²) in [5.41, 5.74) is 7.43. The van der Waals surface area contributed by atoms with Crippen LogP contribution < -0.4 is 20.7 Å². The maximum atomic E-state index is 9.60. The molecule has 0 amide bonds. The van der Waals surface area contributed by atoms with Gasteiger partial charge in [0.15, 0.2) is 0 Å². The van der Waals surface area contributed by atoms with Crippen molar-refractivity contribution in [3.8, 4) is 5.75 Å². The topological polar surface area (TPSA) is 76.8 Å². The van der Waals surface area contributed by atoms with Crippen LogP contribution in [0.3, 0.4) is 0 Å². The second-order valence-electron chi connectivity index (χ2n) is 5.99. The second-order valence-corrected chi connectivity index (χ2v) is 5.99. The molecule has 0 saturated carbocycles.